The summed E-state index contributed by atoms with van der Waals surface area (Å²) in [5.74, 6) is 0. The van der Waals surface area contributed by atoms with Crippen LogP contribution < -0.4 is 0 Å². The molecule has 0 rings (SSSR count). The van der Waals surface area contributed by atoms with Gasteiger partial charge in [0.2, 0.25) is 0 Å². The van der Waals surface area contributed by atoms with Gasteiger partial charge in [0, 0.05) is 20.5 Å². The molecule has 8 heavy (non-hydrogen) atoms. The molecular weight excluding hydrogens is 128 g/mol. The van der Waals surface area contributed by atoms with Crippen LogP contribution in [-0.4, -0.2) is 20.5 Å². The Morgan fingerprint density at radius 2 is 1.00 bits per heavy atom. The standard InChI is InChI=1S/C6H18Si2/c7-5-3-1-2-4-6-8/h1-6H2,7-8H3. The van der Waals surface area contributed by atoms with E-state index in [2.05, 4.69) is 0 Å². The van der Waals surface area contributed by atoms with E-state index in [-0.39, 0.29) is 0 Å². The van der Waals surface area contributed by atoms with Crippen molar-refractivity contribution in [2.75, 3.05) is 0 Å². The minimum atomic E-state index is 1.42. The van der Waals surface area contributed by atoms with Crippen LogP contribution in [0.2, 0.25) is 12.1 Å². The van der Waals surface area contributed by atoms with Gasteiger partial charge in [0.05, 0.1) is 0 Å². The van der Waals surface area contributed by atoms with Gasteiger partial charge in [-0.3, -0.25) is 0 Å². The first kappa shape index (κ1) is 8.43. The molecule has 0 unspecified atom stereocenters. The monoisotopic (exact) mass is 146 g/mol. The zero-order valence-electron chi connectivity index (χ0n) is 6.24. The van der Waals surface area contributed by atoms with E-state index < -0.39 is 0 Å². The summed E-state index contributed by atoms with van der Waals surface area (Å²) in [6.45, 7) is 0. The molecule has 50 valence electrons. The van der Waals surface area contributed by atoms with Crippen LogP contribution in [0.1, 0.15) is 25.7 Å². The molecule has 0 N–H and O–H groups in total. The Kier molecular flexibility index (Phi) is 7.84. The van der Waals surface area contributed by atoms with Gasteiger partial charge in [0.15, 0.2) is 0 Å². The molecule has 0 saturated heterocycles. The number of unbranched alkanes of at least 4 members (excludes halogenated alkanes) is 3. The summed E-state index contributed by atoms with van der Waals surface area (Å²) in [4.78, 5) is 0. The van der Waals surface area contributed by atoms with Gasteiger partial charge in [-0.25, -0.2) is 0 Å². The highest BCUT2D eigenvalue weighted by atomic mass is 28.1. The molecule has 0 fully saturated rings. The Morgan fingerprint density at radius 1 is 0.625 bits per heavy atom. The van der Waals surface area contributed by atoms with E-state index in [0.29, 0.717) is 0 Å². The van der Waals surface area contributed by atoms with Crippen molar-refractivity contribution in [3.63, 3.8) is 0 Å². The van der Waals surface area contributed by atoms with Crippen molar-refractivity contribution in [2.45, 2.75) is 37.8 Å². The quantitative estimate of drug-likeness (QED) is 0.382. The van der Waals surface area contributed by atoms with Gasteiger partial charge in [-0.05, 0) is 0 Å². The molecule has 0 aromatic heterocycles. The molecule has 0 saturated carbocycles. The van der Waals surface area contributed by atoms with E-state index in [1.54, 1.807) is 0 Å². The van der Waals surface area contributed by atoms with Crippen molar-refractivity contribution in [3.05, 3.63) is 0 Å². The highest BCUT2D eigenvalue weighted by Gasteiger charge is 1.83. The van der Waals surface area contributed by atoms with Crippen LogP contribution in [0.5, 0.6) is 0 Å². The average Bonchev–Trinajstić information content (AvgIpc) is 1.81. The third-order valence-electron chi connectivity index (χ3n) is 1.46. The van der Waals surface area contributed by atoms with Crippen LogP contribution in [0.25, 0.3) is 0 Å². The van der Waals surface area contributed by atoms with Gasteiger partial charge >= 0.3 is 0 Å². The average molecular weight is 146 g/mol. The van der Waals surface area contributed by atoms with Gasteiger partial charge in [-0.15, -0.1) is 0 Å². The number of rotatable bonds is 5. The van der Waals surface area contributed by atoms with Crippen molar-refractivity contribution in [1.29, 1.82) is 0 Å². The molecule has 0 aromatic rings. The Balaban J connectivity index is 2.53. The lowest BCUT2D eigenvalue weighted by molar-refractivity contribution is 0.701. The maximum absolute atomic E-state index is 1.52. The van der Waals surface area contributed by atoms with Gasteiger partial charge in [0.25, 0.3) is 0 Å². The lowest BCUT2D eigenvalue weighted by atomic mass is 10.2. The maximum Gasteiger partial charge on any atom is 0.00279 e. The Hall–Kier alpha value is 0.434. The fraction of sp³-hybridized carbons (Fsp3) is 1.00. The smallest absolute Gasteiger partial charge is 0.00279 e. The summed E-state index contributed by atoms with van der Waals surface area (Å²) < 4.78 is 0. The van der Waals surface area contributed by atoms with Crippen LogP contribution in [0, 0.1) is 0 Å². The van der Waals surface area contributed by atoms with Gasteiger partial charge in [-0.2, -0.15) is 0 Å². The summed E-state index contributed by atoms with van der Waals surface area (Å²) in [7, 11) is 2.83. The predicted octanol–water partition coefficient (Wildman–Crippen LogP) is 0.114. The van der Waals surface area contributed by atoms with E-state index in [4.69, 9.17) is 0 Å². The summed E-state index contributed by atoms with van der Waals surface area (Å²) >= 11 is 0. The fourth-order valence-electron chi connectivity index (χ4n) is 0.854. The van der Waals surface area contributed by atoms with Crippen molar-refractivity contribution in [3.8, 4) is 0 Å². The second-order valence-corrected chi connectivity index (χ2v) is 4.41. The molecule has 0 radical (unpaired) electrons. The predicted molar refractivity (Wildman–Crippen MR) is 48.0 cm³/mol. The molecule has 0 bridgehead atoms. The van der Waals surface area contributed by atoms with Crippen molar-refractivity contribution in [2.24, 2.45) is 0 Å². The molecule has 0 nitrogen and oxygen atoms in total. The highest BCUT2D eigenvalue weighted by Crippen LogP contribution is 2.02. The molecule has 2 heteroatoms. The molecule has 0 heterocycles. The zero-order valence-corrected chi connectivity index (χ0v) is 10.2. The second kappa shape index (κ2) is 7.43. The van der Waals surface area contributed by atoms with Gasteiger partial charge in [-0.1, -0.05) is 37.8 Å². The lowest BCUT2D eigenvalue weighted by Gasteiger charge is -1.93. The molecular formula is C6H18Si2. The van der Waals surface area contributed by atoms with E-state index in [1.165, 1.54) is 58.3 Å². The Morgan fingerprint density at radius 3 is 1.25 bits per heavy atom. The van der Waals surface area contributed by atoms with Crippen LogP contribution in [0.3, 0.4) is 0 Å². The van der Waals surface area contributed by atoms with Gasteiger partial charge in [0.1, 0.15) is 0 Å². The molecule has 0 amide bonds. The first-order valence-corrected chi connectivity index (χ1v) is 6.74. The summed E-state index contributed by atoms with van der Waals surface area (Å²) in [5.41, 5.74) is 0. The van der Waals surface area contributed by atoms with E-state index in [0.717, 1.165) is 0 Å². The van der Waals surface area contributed by atoms with Crippen molar-refractivity contribution < 1.29 is 0 Å². The Bertz CT molecular complexity index is 31.5. The van der Waals surface area contributed by atoms with Crippen LogP contribution >= 0.6 is 0 Å². The lowest BCUT2D eigenvalue weighted by Crippen LogP contribution is -1.76. The molecule has 0 aliphatic rings. The highest BCUT2D eigenvalue weighted by molar-refractivity contribution is 6.08. The molecule has 0 aliphatic carbocycles. The second-order valence-electron chi connectivity index (χ2n) is 2.41. The zero-order chi connectivity index (χ0) is 6.24. The van der Waals surface area contributed by atoms with Crippen LogP contribution in [0.15, 0.2) is 0 Å². The summed E-state index contributed by atoms with van der Waals surface area (Å²) in [6, 6.07) is 3.03. The SMILES string of the molecule is [SiH3]CCCCCC[SiH3]. The summed E-state index contributed by atoms with van der Waals surface area (Å²) in [5, 5.41) is 0. The first-order valence-electron chi connectivity index (χ1n) is 3.91. The third kappa shape index (κ3) is 6.43. The van der Waals surface area contributed by atoms with E-state index >= 15 is 0 Å². The molecule has 0 aliphatic heterocycles. The largest absolute Gasteiger partial charge is 0.0658 e. The third-order valence-corrected chi connectivity index (χ3v) is 2.87. The number of hydrogen-bond acceptors (Lipinski definition) is 0. The minimum absolute atomic E-state index is 1.42. The van der Waals surface area contributed by atoms with Crippen molar-refractivity contribution >= 4 is 20.5 Å². The van der Waals surface area contributed by atoms with Crippen molar-refractivity contribution in [1.82, 2.24) is 0 Å². The minimum Gasteiger partial charge on any atom is -0.0658 e. The topological polar surface area (TPSA) is 0 Å². The van der Waals surface area contributed by atoms with E-state index in [9.17, 15) is 0 Å². The maximum atomic E-state index is 1.52. The summed E-state index contributed by atoms with van der Waals surface area (Å²) in [6.07, 6.45) is 6.03. The van der Waals surface area contributed by atoms with E-state index in [1.807, 2.05) is 0 Å². The van der Waals surface area contributed by atoms with Gasteiger partial charge < -0.3 is 0 Å². The number of hydrogen-bond donors (Lipinski definition) is 0. The molecule has 0 aromatic carbocycles. The van der Waals surface area contributed by atoms with Crippen LogP contribution in [0.4, 0.5) is 0 Å². The molecule has 0 atom stereocenters. The fourth-order valence-corrected chi connectivity index (χ4v) is 1.85. The van der Waals surface area contributed by atoms with Crippen LogP contribution in [-0.2, 0) is 0 Å². The Labute approximate surface area is 58.9 Å². The molecule has 0 spiro atoms. The normalized spacial score (nSPS) is 10.5. The first-order chi connectivity index (χ1) is 3.91.